The van der Waals surface area contributed by atoms with Crippen LogP contribution in [-0.4, -0.2) is 16.1 Å². The van der Waals surface area contributed by atoms with Gasteiger partial charge in [-0.15, -0.1) is 0 Å². The van der Waals surface area contributed by atoms with Crippen LogP contribution in [0.2, 0.25) is 0 Å². The summed E-state index contributed by atoms with van der Waals surface area (Å²) < 4.78 is 15.2. The molecule has 1 aliphatic carbocycles. The third-order valence-electron chi connectivity index (χ3n) is 3.93. The van der Waals surface area contributed by atoms with Gasteiger partial charge >= 0.3 is 0 Å². The van der Waals surface area contributed by atoms with Crippen LogP contribution < -0.4 is 5.32 Å². The van der Waals surface area contributed by atoms with Crippen LogP contribution in [0.1, 0.15) is 30.1 Å². The molecule has 3 rings (SSSR count). The monoisotopic (exact) mass is 273 g/mol. The summed E-state index contributed by atoms with van der Waals surface area (Å²) in [6.07, 6.45) is 4.79. The van der Waals surface area contributed by atoms with Gasteiger partial charge in [-0.1, -0.05) is 0 Å². The number of hydrogen-bond donors (Lipinski definition) is 1. The Kier molecular flexibility index (Phi) is 3.72. The molecular weight excluding hydrogens is 253 g/mol. The van der Waals surface area contributed by atoms with Crippen molar-refractivity contribution in [1.82, 2.24) is 9.55 Å². The zero-order valence-electron chi connectivity index (χ0n) is 11.8. The van der Waals surface area contributed by atoms with Gasteiger partial charge in [-0.25, -0.2) is 9.37 Å². The standard InChI is InChI=1S/C16H20FN3/c1-12-19-15-4-2-3-5-16(15)20(12)11-10-18-14-8-6-13(17)7-9-14/h6-9,18H,2-5,10-11H2,1H3. The first kappa shape index (κ1) is 13.2. The van der Waals surface area contributed by atoms with Gasteiger partial charge < -0.3 is 9.88 Å². The van der Waals surface area contributed by atoms with Gasteiger partial charge in [0.2, 0.25) is 0 Å². The second-order valence-corrected chi connectivity index (χ2v) is 5.34. The fourth-order valence-corrected chi connectivity index (χ4v) is 2.91. The largest absolute Gasteiger partial charge is 0.383 e. The van der Waals surface area contributed by atoms with E-state index in [2.05, 4.69) is 21.8 Å². The van der Waals surface area contributed by atoms with Crippen molar-refractivity contribution >= 4 is 5.69 Å². The molecule has 106 valence electrons. The van der Waals surface area contributed by atoms with E-state index in [1.165, 1.54) is 36.4 Å². The number of benzene rings is 1. The maximum absolute atomic E-state index is 12.8. The topological polar surface area (TPSA) is 29.9 Å². The predicted molar refractivity (Wildman–Crippen MR) is 78.5 cm³/mol. The number of nitrogens with one attached hydrogen (secondary N) is 1. The number of fused-ring (bicyclic) bond motifs is 1. The molecule has 0 spiro atoms. The fourth-order valence-electron chi connectivity index (χ4n) is 2.91. The van der Waals surface area contributed by atoms with Crippen LogP contribution in [0.3, 0.4) is 0 Å². The molecule has 0 fully saturated rings. The molecule has 0 amide bonds. The first-order chi connectivity index (χ1) is 9.74. The Labute approximate surface area is 118 Å². The zero-order chi connectivity index (χ0) is 13.9. The molecule has 0 radical (unpaired) electrons. The van der Waals surface area contributed by atoms with E-state index in [0.717, 1.165) is 37.4 Å². The van der Waals surface area contributed by atoms with Crippen molar-refractivity contribution in [3.05, 3.63) is 47.3 Å². The molecule has 20 heavy (non-hydrogen) atoms. The van der Waals surface area contributed by atoms with Gasteiger partial charge in [0.25, 0.3) is 0 Å². The molecule has 0 saturated carbocycles. The summed E-state index contributed by atoms with van der Waals surface area (Å²) in [5.41, 5.74) is 3.66. The van der Waals surface area contributed by atoms with E-state index >= 15 is 0 Å². The Bertz CT molecular complexity index is 587. The van der Waals surface area contributed by atoms with Crippen LogP contribution in [0.25, 0.3) is 0 Å². The lowest BCUT2D eigenvalue weighted by atomic mass is 10.0. The van der Waals surface area contributed by atoms with E-state index in [4.69, 9.17) is 0 Å². The van der Waals surface area contributed by atoms with Gasteiger partial charge in [0.05, 0.1) is 5.69 Å². The normalized spacial score (nSPS) is 14.1. The minimum atomic E-state index is -0.199. The van der Waals surface area contributed by atoms with Crippen molar-refractivity contribution in [2.75, 3.05) is 11.9 Å². The van der Waals surface area contributed by atoms with E-state index in [-0.39, 0.29) is 5.82 Å². The SMILES string of the molecule is Cc1nc2c(n1CCNc1ccc(F)cc1)CCCC2. The van der Waals surface area contributed by atoms with Crippen molar-refractivity contribution in [3.63, 3.8) is 0 Å². The molecule has 3 nitrogen and oxygen atoms in total. The van der Waals surface area contributed by atoms with Crippen molar-refractivity contribution < 1.29 is 4.39 Å². The number of anilines is 1. The van der Waals surface area contributed by atoms with E-state index in [1.807, 2.05) is 0 Å². The summed E-state index contributed by atoms with van der Waals surface area (Å²) in [6, 6.07) is 6.50. The quantitative estimate of drug-likeness (QED) is 0.926. The number of nitrogens with zero attached hydrogens (tertiary/aromatic N) is 2. The Morgan fingerprint density at radius 2 is 1.95 bits per heavy atom. The maximum Gasteiger partial charge on any atom is 0.123 e. The summed E-state index contributed by atoms with van der Waals surface area (Å²) in [5, 5.41) is 3.33. The fraction of sp³-hybridized carbons (Fsp3) is 0.438. The van der Waals surface area contributed by atoms with Crippen LogP contribution >= 0.6 is 0 Å². The average molecular weight is 273 g/mol. The Morgan fingerprint density at radius 3 is 2.75 bits per heavy atom. The molecule has 1 aliphatic rings. The Balaban J connectivity index is 1.64. The number of aryl methyl sites for hydroxylation is 2. The highest BCUT2D eigenvalue weighted by Crippen LogP contribution is 2.21. The number of halogens is 1. The number of aromatic nitrogens is 2. The molecule has 1 heterocycles. The molecule has 1 aromatic carbocycles. The van der Waals surface area contributed by atoms with Crippen LogP contribution in [0.5, 0.6) is 0 Å². The highest BCUT2D eigenvalue weighted by molar-refractivity contribution is 5.42. The van der Waals surface area contributed by atoms with Crippen LogP contribution in [0, 0.1) is 12.7 Å². The first-order valence-electron chi connectivity index (χ1n) is 7.28. The highest BCUT2D eigenvalue weighted by Gasteiger charge is 2.17. The van der Waals surface area contributed by atoms with E-state index < -0.39 is 0 Å². The molecule has 0 bridgehead atoms. The van der Waals surface area contributed by atoms with E-state index in [9.17, 15) is 4.39 Å². The summed E-state index contributed by atoms with van der Waals surface area (Å²) in [5.74, 6) is 0.910. The van der Waals surface area contributed by atoms with Crippen molar-refractivity contribution in [3.8, 4) is 0 Å². The van der Waals surface area contributed by atoms with Gasteiger partial charge in [0.1, 0.15) is 11.6 Å². The predicted octanol–water partition coefficient (Wildman–Crippen LogP) is 3.32. The van der Waals surface area contributed by atoms with Crippen molar-refractivity contribution in [2.45, 2.75) is 39.2 Å². The molecule has 0 aliphatic heterocycles. The first-order valence-corrected chi connectivity index (χ1v) is 7.28. The zero-order valence-corrected chi connectivity index (χ0v) is 11.8. The highest BCUT2D eigenvalue weighted by atomic mass is 19.1. The lowest BCUT2D eigenvalue weighted by molar-refractivity contribution is 0.606. The van der Waals surface area contributed by atoms with Crippen LogP contribution in [0.15, 0.2) is 24.3 Å². The smallest absolute Gasteiger partial charge is 0.123 e. The number of imidazole rings is 1. The number of hydrogen-bond acceptors (Lipinski definition) is 2. The maximum atomic E-state index is 12.8. The van der Waals surface area contributed by atoms with Gasteiger partial charge in [0.15, 0.2) is 0 Å². The van der Waals surface area contributed by atoms with Crippen molar-refractivity contribution in [1.29, 1.82) is 0 Å². The van der Waals surface area contributed by atoms with E-state index in [0.29, 0.717) is 0 Å². The van der Waals surface area contributed by atoms with Crippen LogP contribution in [0.4, 0.5) is 10.1 Å². The molecule has 0 atom stereocenters. The third-order valence-corrected chi connectivity index (χ3v) is 3.93. The molecular formula is C16H20FN3. The summed E-state index contributed by atoms with van der Waals surface area (Å²) in [7, 11) is 0. The average Bonchev–Trinajstić information content (AvgIpc) is 2.77. The summed E-state index contributed by atoms with van der Waals surface area (Å²) in [4.78, 5) is 4.67. The summed E-state index contributed by atoms with van der Waals surface area (Å²) >= 11 is 0. The molecule has 2 aromatic rings. The van der Waals surface area contributed by atoms with Gasteiger partial charge in [0, 0.05) is 24.5 Å². The molecule has 1 aromatic heterocycles. The van der Waals surface area contributed by atoms with Gasteiger partial charge in [-0.2, -0.15) is 0 Å². The van der Waals surface area contributed by atoms with Crippen LogP contribution in [-0.2, 0) is 19.4 Å². The number of rotatable bonds is 4. The third kappa shape index (κ3) is 2.69. The van der Waals surface area contributed by atoms with Gasteiger partial charge in [-0.3, -0.25) is 0 Å². The molecule has 0 unspecified atom stereocenters. The van der Waals surface area contributed by atoms with E-state index in [1.54, 1.807) is 12.1 Å². The lowest BCUT2D eigenvalue weighted by Gasteiger charge is -2.15. The van der Waals surface area contributed by atoms with Gasteiger partial charge in [-0.05, 0) is 56.9 Å². The summed E-state index contributed by atoms with van der Waals surface area (Å²) in [6.45, 7) is 3.82. The minimum Gasteiger partial charge on any atom is -0.383 e. The molecule has 4 heteroatoms. The second-order valence-electron chi connectivity index (χ2n) is 5.34. The lowest BCUT2D eigenvalue weighted by Crippen LogP contribution is -2.15. The second kappa shape index (κ2) is 5.65. The Hall–Kier alpha value is -1.84. The molecule has 0 saturated heterocycles. The Morgan fingerprint density at radius 1 is 1.20 bits per heavy atom. The molecule has 1 N–H and O–H groups in total. The van der Waals surface area contributed by atoms with Crippen molar-refractivity contribution in [2.24, 2.45) is 0 Å². The minimum absolute atomic E-state index is 0.199.